The number of nitrogens with two attached hydrogens (primary N) is 1. The molecule has 4 aromatic rings. The summed E-state index contributed by atoms with van der Waals surface area (Å²) in [7, 11) is 0. The first kappa shape index (κ1) is 16.5. The molecule has 0 radical (unpaired) electrons. The maximum absolute atomic E-state index is 6.06. The van der Waals surface area contributed by atoms with Gasteiger partial charge >= 0.3 is 0 Å². The van der Waals surface area contributed by atoms with Gasteiger partial charge in [-0.25, -0.2) is 9.97 Å². The van der Waals surface area contributed by atoms with Crippen LogP contribution in [0.2, 0.25) is 0 Å². The standard InChI is InChI=1S/C20H21N5O/c21-20-18-19(16-8-1-2-9-17(16)24-20)25(14-23-18)11-13-26-12-5-7-15-6-3-4-10-22-15/h1-4,6,8-10,14H,5,7,11-13H2,(H2,21,24). The number of benzene rings is 1. The van der Waals surface area contributed by atoms with Gasteiger partial charge < -0.3 is 15.0 Å². The van der Waals surface area contributed by atoms with Gasteiger partial charge in [0.1, 0.15) is 5.52 Å². The summed E-state index contributed by atoms with van der Waals surface area (Å²) in [5, 5.41) is 1.06. The number of imidazole rings is 1. The van der Waals surface area contributed by atoms with Gasteiger partial charge in [-0.2, -0.15) is 0 Å². The number of pyridine rings is 2. The van der Waals surface area contributed by atoms with Gasteiger partial charge in [-0.15, -0.1) is 0 Å². The van der Waals surface area contributed by atoms with E-state index in [-0.39, 0.29) is 0 Å². The Morgan fingerprint density at radius 1 is 1.00 bits per heavy atom. The number of aryl methyl sites for hydroxylation is 1. The van der Waals surface area contributed by atoms with Crippen molar-refractivity contribution < 1.29 is 4.74 Å². The molecule has 0 amide bonds. The first-order chi connectivity index (χ1) is 12.8. The quantitative estimate of drug-likeness (QED) is 0.519. The van der Waals surface area contributed by atoms with E-state index in [1.165, 1.54) is 0 Å². The van der Waals surface area contributed by atoms with E-state index < -0.39 is 0 Å². The Balaban J connectivity index is 1.39. The average molecular weight is 347 g/mol. The number of ether oxygens (including phenoxy) is 1. The summed E-state index contributed by atoms with van der Waals surface area (Å²) in [4.78, 5) is 13.2. The van der Waals surface area contributed by atoms with E-state index in [0.29, 0.717) is 19.0 Å². The maximum atomic E-state index is 6.06. The minimum atomic E-state index is 0.466. The first-order valence-electron chi connectivity index (χ1n) is 8.79. The van der Waals surface area contributed by atoms with E-state index in [1.54, 1.807) is 0 Å². The third kappa shape index (κ3) is 3.36. The van der Waals surface area contributed by atoms with Gasteiger partial charge in [0.15, 0.2) is 5.82 Å². The fourth-order valence-electron chi connectivity index (χ4n) is 3.14. The number of hydrogen-bond acceptors (Lipinski definition) is 5. The average Bonchev–Trinajstić information content (AvgIpc) is 3.10. The zero-order valence-corrected chi connectivity index (χ0v) is 14.5. The second kappa shape index (κ2) is 7.49. The Labute approximate surface area is 151 Å². The molecule has 2 N–H and O–H groups in total. The highest BCUT2D eigenvalue weighted by atomic mass is 16.5. The Hall–Kier alpha value is -2.99. The van der Waals surface area contributed by atoms with Gasteiger partial charge in [0.2, 0.25) is 0 Å². The van der Waals surface area contributed by atoms with Crippen LogP contribution in [-0.4, -0.2) is 32.7 Å². The summed E-state index contributed by atoms with van der Waals surface area (Å²) in [6, 6.07) is 14.0. The molecule has 6 heteroatoms. The lowest BCUT2D eigenvalue weighted by atomic mass is 10.2. The van der Waals surface area contributed by atoms with Crippen LogP contribution in [0.15, 0.2) is 55.0 Å². The summed E-state index contributed by atoms with van der Waals surface area (Å²) in [6.07, 6.45) is 5.53. The van der Waals surface area contributed by atoms with Gasteiger partial charge in [0.05, 0.1) is 24.0 Å². The minimum Gasteiger partial charge on any atom is -0.382 e. The molecule has 0 bridgehead atoms. The lowest BCUT2D eigenvalue weighted by molar-refractivity contribution is 0.124. The molecular formula is C20H21N5O. The fourth-order valence-corrected chi connectivity index (χ4v) is 3.14. The summed E-state index contributed by atoms with van der Waals surface area (Å²) >= 11 is 0. The summed E-state index contributed by atoms with van der Waals surface area (Å²) < 4.78 is 7.89. The third-order valence-electron chi connectivity index (χ3n) is 4.40. The van der Waals surface area contributed by atoms with Gasteiger partial charge in [-0.3, -0.25) is 4.98 Å². The molecule has 0 fully saturated rings. The predicted molar refractivity (Wildman–Crippen MR) is 103 cm³/mol. The van der Waals surface area contributed by atoms with Crippen molar-refractivity contribution in [3.63, 3.8) is 0 Å². The van der Waals surface area contributed by atoms with Crippen LogP contribution in [0, 0.1) is 0 Å². The number of fused-ring (bicyclic) bond motifs is 3. The van der Waals surface area contributed by atoms with Crippen LogP contribution in [0.4, 0.5) is 5.82 Å². The number of hydrogen-bond donors (Lipinski definition) is 1. The highest BCUT2D eigenvalue weighted by Crippen LogP contribution is 2.26. The van der Waals surface area contributed by atoms with Crippen LogP contribution in [0.3, 0.4) is 0 Å². The molecule has 0 aliphatic carbocycles. The number of anilines is 1. The normalized spacial score (nSPS) is 11.4. The Bertz CT molecular complexity index is 1010. The molecule has 26 heavy (non-hydrogen) atoms. The molecular weight excluding hydrogens is 326 g/mol. The number of para-hydroxylation sites is 1. The monoisotopic (exact) mass is 347 g/mol. The number of rotatable bonds is 7. The van der Waals surface area contributed by atoms with Crippen LogP contribution in [-0.2, 0) is 17.7 Å². The molecule has 3 aromatic heterocycles. The molecule has 0 saturated heterocycles. The maximum Gasteiger partial charge on any atom is 0.152 e. The molecule has 4 rings (SSSR count). The van der Waals surface area contributed by atoms with Crippen molar-refractivity contribution in [3.8, 4) is 0 Å². The molecule has 0 atom stereocenters. The van der Waals surface area contributed by atoms with E-state index in [0.717, 1.165) is 47.0 Å². The lowest BCUT2D eigenvalue weighted by Gasteiger charge is -2.08. The molecule has 0 spiro atoms. The Morgan fingerprint density at radius 2 is 1.88 bits per heavy atom. The minimum absolute atomic E-state index is 0.466. The molecule has 1 aromatic carbocycles. The number of aromatic nitrogens is 4. The number of nitrogens with zero attached hydrogens (tertiary/aromatic N) is 4. The second-order valence-corrected chi connectivity index (χ2v) is 6.19. The van der Waals surface area contributed by atoms with Crippen molar-refractivity contribution in [2.24, 2.45) is 0 Å². The van der Waals surface area contributed by atoms with E-state index >= 15 is 0 Å². The predicted octanol–water partition coefficient (Wildman–Crippen LogP) is 3.21. The summed E-state index contributed by atoms with van der Waals surface area (Å²) in [5.74, 6) is 0.466. The van der Waals surface area contributed by atoms with Gasteiger partial charge in [-0.05, 0) is 31.0 Å². The van der Waals surface area contributed by atoms with Gasteiger partial charge in [-0.1, -0.05) is 24.3 Å². The molecule has 0 unspecified atom stereocenters. The van der Waals surface area contributed by atoms with Crippen molar-refractivity contribution >= 4 is 27.8 Å². The lowest BCUT2D eigenvalue weighted by Crippen LogP contribution is -2.07. The Kier molecular flexibility index (Phi) is 4.75. The SMILES string of the molecule is Nc1nc2ccccc2c2c1ncn2CCOCCCc1ccccn1. The largest absolute Gasteiger partial charge is 0.382 e. The van der Waals surface area contributed by atoms with Gasteiger partial charge in [0.25, 0.3) is 0 Å². The molecule has 6 nitrogen and oxygen atoms in total. The van der Waals surface area contributed by atoms with Gasteiger partial charge in [0, 0.05) is 30.4 Å². The molecule has 0 aliphatic rings. The smallest absolute Gasteiger partial charge is 0.152 e. The van der Waals surface area contributed by atoms with Crippen molar-refractivity contribution in [2.45, 2.75) is 19.4 Å². The fraction of sp³-hybridized carbons (Fsp3) is 0.250. The van der Waals surface area contributed by atoms with E-state index in [2.05, 4.69) is 25.6 Å². The third-order valence-corrected chi connectivity index (χ3v) is 4.40. The van der Waals surface area contributed by atoms with Crippen LogP contribution >= 0.6 is 0 Å². The number of nitrogen functional groups attached to an aromatic ring is 1. The van der Waals surface area contributed by atoms with E-state index in [9.17, 15) is 0 Å². The molecule has 132 valence electrons. The summed E-state index contributed by atoms with van der Waals surface area (Å²) in [6.45, 7) is 2.07. The zero-order chi connectivity index (χ0) is 17.8. The molecule has 0 aliphatic heterocycles. The van der Waals surface area contributed by atoms with E-state index in [4.69, 9.17) is 10.5 Å². The zero-order valence-electron chi connectivity index (χ0n) is 14.5. The van der Waals surface area contributed by atoms with Crippen LogP contribution in [0.5, 0.6) is 0 Å². The van der Waals surface area contributed by atoms with Crippen LogP contribution in [0.1, 0.15) is 12.1 Å². The highest BCUT2D eigenvalue weighted by molar-refractivity contribution is 6.06. The first-order valence-corrected chi connectivity index (χ1v) is 8.79. The molecule has 3 heterocycles. The summed E-state index contributed by atoms with van der Waals surface area (Å²) in [5.41, 5.74) is 9.82. The topological polar surface area (TPSA) is 78.8 Å². The highest BCUT2D eigenvalue weighted by Gasteiger charge is 2.11. The van der Waals surface area contributed by atoms with Crippen LogP contribution < -0.4 is 5.73 Å². The molecule has 0 saturated carbocycles. The van der Waals surface area contributed by atoms with Crippen LogP contribution in [0.25, 0.3) is 21.9 Å². The Morgan fingerprint density at radius 3 is 2.77 bits per heavy atom. The van der Waals surface area contributed by atoms with Crippen molar-refractivity contribution in [1.82, 2.24) is 19.5 Å². The van der Waals surface area contributed by atoms with Crippen molar-refractivity contribution in [2.75, 3.05) is 18.9 Å². The van der Waals surface area contributed by atoms with E-state index in [1.807, 2.05) is 48.9 Å². The van der Waals surface area contributed by atoms with Crippen molar-refractivity contribution in [1.29, 1.82) is 0 Å². The van der Waals surface area contributed by atoms with Crippen molar-refractivity contribution in [3.05, 3.63) is 60.7 Å². The second-order valence-electron chi connectivity index (χ2n) is 6.19.